The van der Waals surface area contributed by atoms with Gasteiger partial charge in [-0.3, -0.25) is 4.79 Å². The van der Waals surface area contributed by atoms with Gasteiger partial charge in [-0.2, -0.15) is 0 Å². The lowest BCUT2D eigenvalue weighted by molar-refractivity contribution is -0.136. The zero-order valence-electron chi connectivity index (χ0n) is 16.9. The topological polar surface area (TPSA) is 75.1 Å². The number of carbonyl (C=O) groups is 1. The minimum Gasteiger partial charge on any atom is -0.481 e. The average Bonchev–Trinajstić information content (AvgIpc) is 3.17. The fraction of sp³-hybridized carbons (Fsp3) is 0.261. The van der Waals surface area contributed by atoms with Crippen LogP contribution in [0, 0.1) is 0 Å². The summed E-state index contributed by atoms with van der Waals surface area (Å²) in [5.41, 5.74) is 3.80. The molecule has 0 aliphatic carbocycles. The molecule has 29 heavy (non-hydrogen) atoms. The Bertz CT molecular complexity index is 1020. The number of aryl methyl sites for hydroxylation is 1. The number of anilines is 2. The maximum atomic E-state index is 10.9. The maximum absolute atomic E-state index is 10.9. The monoisotopic (exact) mass is 407 g/mol. The molecular formula is C23H25N3O2S. The molecule has 1 aromatic carbocycles. The molecule has 0 atom stereocenters. The molecule has 0 amide bonds. The van der Waals surface area contributed by atoms with E-state index < -0.39 is 5.97 Å². The van der Waals surface area contributed by atoms with Gasteiger partial charge in [-0.15, -0.1) is 11.3 Å². The van der Waals surface area contributed by atoms with E-state index in [4.69, 9.17) is 15.1 Å². The number of aliphatic carboxylic acids is 1. The molecule has 2 aromatic heterocycles. The van der Waals surface area contributed by atoms with Crippen LogP contribution in [-0.2, 0) is 24.1 Å². The summed E-state index contributed by atoms with van der Waals surface area (Å²) in [5, 5.41) is 12.3. The Kier molecular flexibility index (Phi) is 6.77. The summed E-state index contributed by atoms with van der Waals surface area (Å²) in [5.74, 6) is 0.700. The highest BCUT2D eigenvalue weighted by Crippen LogP contribution is 2.30. The molecular weight excluding hydrogens is 382 g/mol. The number of hydrogen-bond donors (Lipinski definition) is 2. The van der Waals surface area contributed by atoms with Crippen LogP contribution in [-0.4, -0.2) is 21.0 Å². The molecule has 0 radical (unpaired) electrons. The number of thiophene rings is 1. The van der Waals surface area contributed by atoms with E-state index >= 15 is 0 Å². The summed E-state index contributed by atoms with van der Waals surface area (Å²) >= 11 is 1.67. The van der Waals surface area contributed by atoms with Crippen LogP contribution in [0.25, 0.3) is 16.8 Å². The van der Waals surface area contributed by atoms with E-state index in [2.05, 4.69) is 37.4 Å². The van der Waals surface area contributed by atoms with Gasteiger partial charge >= 0.3 is 5.97 Å². The van der Waals surface area contributed by atoms with Crippen LogP contribution in [0.3, 0.4) is 0 Å². The predicted octanol–water partition coefficient (Wildman–Crippen LogP) is 5.73. The van der Waals surface area contributed by atoms with E-state index in [1.54, 1.807) is 11.3 Å². The van der Waals surface area contributed by atoms with Crippen molar-refractivity contribution in [2.75, 3.05) is 5.32 Å². The van der Waals surface area contributed by atoms with Crippen LogP contribution in [0.1, 0.15) is 42.5 Å². The Morgan fingerprint density at radius 1 is 1.10 bits per heavy atom. The number of rotatable bonds is 8. The molecule has 0 aliphatic rings. The second-order valence-electron chi connectivity index (χ2n) is 6.62. The van der Waals surface area contributed by atoms with Crippen molar-refractivity contribution in [3.8, 4) is 10.7 Å². The van der Waals surface area contributed by atoms with Gasteiger partial charge in [0.25, 0.3) is 0 Å². The Hall–Kier alpha value is -2.99. The fourth-order valence-corrected chi connectivity index (χ4v) is 4.06. The van der Waals surface area contributed by atoms with E-state index in [9.17, 15) is 4.79 Å². The van der Waals surface area contributed by atoms with Crippen LogP contribution >= 0.6 is 11.3 Å². The molecule has 0 fully saturated rings. The minimum atomic E-state index is -0.833. The van der Waals surface area contributed by atoms with Gasteiger partial charge in [0.1, 0.15) is 5.82 Å². The highest BCUT2D eigenvalue weighted by molar-refractivity contribution is 7.16. The number of nitrogens with one attached hydrogen (secondary N) is 1. The van der Waals surface area contributed by atoms with Crippen molar-refractivity contribution in [2.24, 2.45) is 0 Å². The molecule has 3 rings (SSSR count). The normalized spacial score (nSPS) is 11.1. The van der Waals surface area contributed by atoms with Crippen LogP contribution in [0.5, 0.6) is 0 Å². The molecule has 0 saturated carbocycles. The van der Waals surface area contributed by atoms with Crippen molar-refractivity contribution in [3.63, 3.8) is 0 Å². The molecule has 5 nitrogen and oxygen atoms in total. The first-order chi connectivity index (χ1) is 14.0. The van der Waals surface area contributed by atoms with E-state index in [0.29, 0.717) is 0 Å². The number of carboxylic acid groups (broad SMARTS) is 1. The Morgan fingerprint density at radius 3 is 2.48 bits per heavy atom. The van der Waals surface area contributed by atoms with Crippen molar-refractivity contribution >= 4 is 34.9 Å². The third-order valence-electron chi connectivity index (χ3n) is 4.53. The van der Waals surface area contributed by atoms with Crippen LogP contribution in [0.2, 0.25) is 0 Å². The highest BCUT2D eigenvalue weighted by Gasteiger charge is 2.15. The molecule has 0 unspecified atom stereocenters. The molecule has 2 heterocycles. The second kappa shape index (κ2) is 9.47. The smallest absolute Gasteiger partial charge is 0.307 e. The first kappa shape index (κ1) is 20.7. The van der Waals surface area contributed by atoms with Gasteiger partial charge in [0, 0.05) is 21.8 Å². The minimum absolute atomic E-state index is 0.0189. The quantitative estimate of drug-likeness (QED) is 0.498. The number of aromatic nitrogens is 2. The number of nitrogens with zero attached hydrogens (tertiary/aromatic N) is 2. The van der Waals surface area contributed by atoms with E-state index in [1.807, 2.05) is 37.3 Å². The van der Waals surface area contributed by atoms with E-state index in [-0.39, 0.29) is 6.42 Å². The number of hydrogen-bond acceptors (Lipinski definition) is 5. The van der Waals surface area contributed by atoms with Crippen molar-refractivity contribution in [3.05, 3.63) is 64.2 Å². The van der Waals surface area contributed by atoms with Crippen LogP contribution in [0.4, 0.5) is 11.5 Å². The number of carboxylic acids is 1. The zero-order valence-corrected chi connectivity index (χ0v) is 17.7. The summed E-state index contributed by atoms with van der Waals surface area (Å²) in [4.78, 5) is 22.7. The summed E-state index contributed by atoms with van der Waals surface area (Å²) in [6.45, 7) is 6.22. The third kappa shape index (κ3) is 5.09. The Balaban J connectivity index is 1.96. The first-order valence-electron chi connectivity index (χ1n) is 9.74. The lowest BCUT2D eigenvalue weighted by Crippen LogP contribution is -2.07. The summed E-state index contributed by atoms with van der Waals surface area (Å²) < 4.78 is 0. The number of benzene rings is 1. The molecule has 0 aliphatic heterocycles. The molecule has 0 saturated heterocycles. The van der Waals surface area contributed by atoms with E-state index in [0.717, 1.165) is 51.9 Å². The van der Waals surface area contributed by atoms with Crippen LogP contribution < -0.4 is 5.32 Å². The summed E-state index contributed by atoms with van der Waals surface area (Å²) in [6, 6.07) is 11.6. The molecule has 150 valence electrons. The average molecular weight is 408 g/mol. The standard InChI is InChI=1S/C23H25N3O2S/c1-4-7-17-12-13-20(29-17)23-25-19(6-3)18(5-2)22(26-23)24-16-10-8-15(9-11-16)14-21(27)28/h4,7-13H,5-6,14H2,1-3H3,(H,27,28)(H,24,25,26). The first-order valence-corrected chi connectivity index (χ1v) is 10.6. The van der Waals surface area contributed by atoms with Crippen molar-refractivity contribution in [1.82, 2.24) is 9.97 Å². The maximum Gasteiger partial charge on any atom is 0.307 e. The molecule has 0 spiro atoms. The second-order valence-corrected chi connectivity index (χ2v) is 7.74. The Morgan fingerprint density at radius 2 is 1.86 bits per heavy atom. The van der Waals surface area contributed by atoms with Gasteiger partial charge in [-0.05, 0) is 55.7 Å². The Labute approximate surface area is 175 Å². The highest BCUT2D eigenvalue weighted by atomic mass is 32.1. The lowest BCUT2D eigenvalue weighted by Gasteiger charge is -2.15. The third-order valence-corrected chi connectivity index (χ3v) is 5.58. The SMILES string of the molecule is CC=Cc1ccc(-c2nc(CC)c(CC)c(Nc3ccc(CC(=O)O)cc3)n2)s1. The van der Waals surface area contributed by atoms with Gasteiger partial charge in [-0.25, -0.2) is 9.97 Å². The molecule has 6 heteroatoms. The lowest BCUT2D eigenvalue weighted by atomic mass is 10.1. The zero-order chi connectivity index (χ0) is 20.8. The van der Waals surface area contributed by atoms with Crippen molar-refractivity contribution < 1.29 is 9.90 Å². The van der Waals surface area contributed by atoms with Gasteiger partial charge in [0.05, 0.1) is 11.3 Å². The summed E-state index contributed by atoms with van der Waals surface area (Å²) in [6.07, 6.45) is 5.78. The summed E-state index contributed by atoms with van der Waals surface area (Å²) in [7, 11) is 0. The van der Waals surface area contributed by atoms with E-state index in [1.165, 1.54) is 4.88 Å². The molecule has 0 bridgehead atoms. The van der Waals surface area contributed by atoms with Gasteiger partial charge < -0.3 is 10.4 Å². The predicted molar refractivity (Wildman–Crippen MR) is 120 cm³/mol. The van der Waals surface area contributed by atoms with Crippen molar-refractivity contribution in [1.29, 1.82) is 0 Å². The molecule has 3 aromatic rings. The largest absolute Gasteiger partial charge is 0.481 e. The van der Waals surface area contributed by atoms with Gasteiger partial charge in [0.2, 0.25) is 0 Å². The van der Waals surface area contributed by atoms with Crippen LogP contribution in [0.15, 0.2) is 42.5 Å². The van der Waals surface area contributed by atoms with Crippen molar-refractivity contribution in [2.45, 2.75) is 40.0 Å². The fourth-order valence-electron chi connectivity index (χ4n) is 3.15. The molecule has 2 N–H and O–H groups in total. The van der Waals surface area contributed by atoms with Gasteiger partial charge in [0.15, 0.2) is 5.82 Å². The van der Waals surface area contributed by atoms with Gasteiger partial charge in [-0.1, -0.05) is 32.1 Å². The number of allylic oxidation sites excluding steroid dienone is 1.